The average Bonchev–Trinajstić information content (AvgIpc) is 2.81. The fraction of sp³-hybridized carbons (Fsp3) is 0.500. The molecule has 2 aliphatic heterocycles. The van der Waals surface area contributed by atoms with Crippen molar-refractivity contribution in [1.82, 2.24) is 9.80 Å². The minimum atomic E-state index is -0.542. The number of carbonyl (C=O) groups is 2. The molecule has 2 N–H and O–H groups in total. The lowest BCUT2D eigenvalue weighted by Crippen LogP contribution is -2.40. The van der Waals surface area contributed by atoms with Crippen molar-refractivity contribution in [1.29, 1.82) is 0 Å². The highest BCUT2D eigenvalue weighted by atomic mass is 16.6. The number of fused-ring (bicyclic) bond motifs is 2. The Labute approximate surface area is 223 Å². The molecule has 0 unspecified atom stereocenters. The molecule has 10 nitrogen and oxygen atoms in total. The lowest BCUT2D eigenvalue weighted by Gasteiger charge is -2.31. The summed E-state index contributed by atoms with van der Waals surface area (Å²) in [5, 5.41) is 11.0. The van der Waals surface area contributed by atoms with Crippen LogP contribution >= 0.6 is 0 Å². The number of nitrogens with zero attached hydrogens (tertiary/aromatic N) is 3. The van der Waals surface area contributed by atoms with Crippen LogP contribution in [-0.4, -0.2) is 51.2 Å². The number of nitrogens with two attached hydrogens (primary N) is 1. The first kappa shape index (κ1) is 28.7. The van der Waals surface area contributed by atoms with Gasteiger partial charge in [0.1, 0.15) is 11.2 Å². The Kier molecular flexibility index (Phi) is 8.54. The summed E-state index contributed by atoms with van der Waals surface area (Å²) in [6.07, 6.45) is 0.637. The van der Waals surface area contributed by atoms with E-state index in [4.69, 9.17) is 15.2 Å². The molecule has 0 saturated carbocycles. The molecule has 206 valence electrons. The zero-order valence-corrected chi connectivity index (χ0v) is 23.1. The van der Waals surface area contributed by atoms with Crippen molar-refractivity contribution in [2.24, 2.45) is 0 Å². The second-order valence-corrected chi connectivity index (χ2v) is 11.5. The number of nitro groups is 1. The molecule has 2 aromatic carbocycles. The molecule has 2 aliphatic rings. The van der Waals surface area contributed by atoms with Gasteiger partial charge in [0.2, 0.25) is 0 Å². The summed E-state index contributed by atoms with van der Waals surface area (Å²) in [4.78, 5) is 37.9. The minimum Gasteiger partial charge on any atom is -0.444 e. The van der Waals surface area contributed by atoms with E-state index in [1.807, 2.05) is 65.8 Å². The van der Waals surface area contributed by atoms with Crippen molar-refractivity contribution in [3.63, 3.8) is 0 Å². The Morgan fingerprint density at radius 1 is 0.816 bits per heavy atom. The van der Waals surface area contributed by atoms with Gasteiger partial charge in [-0.2, -0.15) is 0 Å². The monoisotopic (exact) mass is 526 g/mol. The molecule has 0 radical (unpaired) electrons. The number of benzene rings is 2. The maximum absolute atomic E-state index is 12.0. The van der Waals surface area contributed by atoms with E-state index in [0.717, 1.165) is 34.4 Å². The van der Waals surface area contributed by atoms with Gasteiger partial charge < -0.3 is 25.0 Å². The van der Waals surface area contributed by atoms with Gasteiger partial charge in [-0.1, -0.05) is 24.3 Å². The van der Waals surface area contributed by atoms with Crippen LogP contribution in [0.4, 0.5) is 21.0 Å². The van der Waals surface area contributed by atoms with Gasteiger partial charge in [0.15, 0.2) is 0 Å². The largest absolute Gasteiger partial charge is 0.444 e. The third-order valence-electron chi connectivity index (χ3n) is 6.04. The zero-order chi connectivity index (χ0) is 28.3. The summed E-state index contributed by atoms with van der Waals surface area (Å²) in [6, 6.07) is 10.8. The van der Waals surface area contributed by atoms with E-state index in [9.17, 15) is 19.7 Å². The Hall–Kier alpha value is -3.82. The molecule has 0 atom stereocenters. The summed E-state index contributed by atoms with van der Waals surface area (Å²) >= 11 is 0. The Bertz CT molecular complexity index is 1200. The lowest BCUT2D eigenvalue weighted by atomic mass is 9.98. The van der Waals surface area contributed by atoms with Crippen molar-refractivity contribution in [2.75, 3.05) is 18.8 Å². The summed E-state index contributed by atoms with van der Waals surface area (Å²) in [7, 11) is 0. The van der Waals surface area contributed by atoms with Crippen LogP contribution < -0.4 is 5.73 Å². The second kappa shape index (κ2) is 11.3. The number of hydrogen-bond donors (Lipinski definition) is 1. The predicted octanol–water partition coefficient (Wildman–Crippen LogP) is 5.45. The van der Waals surface area contributed by atoms with Crippen LogP contribution in [-0.2, 0) is 35.4 Å². The van der Waals surface area contributed by atoms with Crippen molar-refractivity contribution in [3.8, 4) is 0 Å². The van der Waals surface area contributed by atoms with Crippen molar-refractivity contribution < 1.29 is 24.0 Å². The first-order valence-electron chi connectivity index (χ1n) is 12.7. The standard InChI is InChI=1S/C14H18N2O4.C14H20N2O2/c1-14(2,3)20-13(17)15-8-7-11-10(9-15)5-4-6-12(11)16(18)19;1-14(2,3)18-13(17)16-8-7-11-10(9-16)5-4-6-12(11)15/h4-6H,7-9H2,1-3H3;4-6H,7-9,15H2,1-3H3. The molecule has 0 saturated heterocycles. The lowest BCUT2D eigenvalue weighted by molar-refractivity contribution is -0.385. The number of ether oxygens (including phenoxy) is 2. The van der Waals surface area contributed by atoms with Gasteiger partial charge in [0.25, 0.3) is 5.69 Å². The second-order valence-electron chi connectivity index (χ2n) is 11.5. The molecule has 2 heterocycles. The van der Waals surface area contributed by atoms with E-state index in [2.05, 4.69) is 0 Å². The maximum Gasteiger partial charge on any atom is 0.410 e. The fourth-order valence-electron chi connectivity index (χ4n) is 4.36. The molecule has 2 amide bonds. The summed E-state index contributed by atoms with van der Waals surface area (Å²) in [5.74, 6) is 0. The summed E-state index contributed by atoms with van der Waals surface area (Å²) < 4.78 is 10.7. The summed E-state index contributed by atoms with van der Waals surface area (Å²) in [5.41, 5.74) is 9.70. The van der Waals surface area contributed by atoms with Crippen LogP contribution in [0.1, 0.15) is 63.8 Å². The quantitative estimate of drug-likeness (QED) is 0.297. The molecule has 0 aromatic heterocycles. The van der Waals surface area contributed by atoms with Gasteiger partial charge in [-0.25, -0.2) is 9.59 Å². The minimum absolute atomic E-state index is 0.131. The molecular formula is C28H38N4O6. The SMILES string of the molecule is CC(C)(C)OC(=O)N1CCc2c(N)cccc2C1.CC(C)(C)OC(=O)N1CCc2c(cccc2[N+](=O)[O-])C1. The topological polar surface area (TPSA) is 128 Å². The normalized spacial score (nSPS) is 14.9. The Morgan fingerprint density at radius 3 is 1.74 bits per heavy atom. The highest BCUT2D eigenvalue weighted by Gasteiger charge is 2.29. The van der Waals surface area contributed by atoms with Gasteiger partial charge in [0, 0.05) is 43.5 Å². The molecule has 38 heavy (non-hydrogen) atoms. The predicted molar refractivity (Wildman–Crippen MR) is 145 cm³/mol. The molecule has 4 rings (SSSR count). The van der Waals surface area contributed by atoms with E-state index in [-0.39, 0.29) is 22.8 Å². The van der Waals surface area contributed by atoms with E-state index < -0.39 is 11.2 Å². The highest BCUT2D eigenvalue weighted by molar-refractivity contribution is 5.70. The third kappa shape index (κ3) is 7.60. The third-order valence-corrected chi connectivity index (χ3v) is 6.04. The number of nitrogen functional groups attached to an aromatic ring is 1. The molecule has 0 spiro atoms. The van der Waals surface area contributed by atoms with E-state index >= 15 is 0 Å². The van der Waals surface area contributed by atoms with Crippen molar-refractivity contribution in [3.05, 3.63) is 68.8 Å². The molecule has 0 aliphatic carbocycles. The van der Waals surface area contributed by atoms with Gasteiger partial charge >= 0.3 is 12.2 Å². The highest BCUT2D eigenvalue weighted by Crippen LogP contribution is 2.28. The van der Waals surface area contributed by atoms with Crippen LogP contribution in [0.25, 0.3) is 0 Å². The van der Waals surface area contributed by atoms with Gasteiger partial charge in [-0.3, -0.25) is 10.1 Å². The first-order chi connectivity index (χ1) is 17.6. The first-order valence-corrected chi connectivity index (χ1v) is 12.7. The van der Waals surface area contributed by atoms with Gasteiger partial charge in [-0.05, 0) is 77.1 Å². The van der Waals surface area contributed by atoms with Gasteiger partial charge in [-0.15, -0.1) is 0 Å². The van der Waals surface area contributed by atoms with Crippen LogP contribution in [0.3, 0.4) is 0 Å². The number of anilines is 1. The smallest absolute Gasteiger partial charge is 0.410 e. The molecule has 0 bridgehead atoms. The Balaban J connectivity index is 0.000000212. The molecule has 0 fully saturated rings. The number of nitro benzene ring substituents is 1. The number of carbonyl (C=O) groups excluding carboxylic acids is 2. The van der Waals surface area contributed by atoms with Crippen LogP contribution in [0.15, 0.2) is 36.4 Å². The Morgan fingerprint density at radius 2 is 1.26 bits per heavy atom. The number of rotatable bonds is 1. The van der Waals surface area contributed by atoms with E-state index in [1.165, 1.54) is 6.07 Å². The summed E-state index contributed by atoms with van der Waals surface area (Å²) in [6.45, 7) is 13.1. The van der Waals surface area contributed by atoms with Crippen LogP contribution in [0.5, 0.6) is 0 Å². The average molecular weight is 527 g/mol. The number of hydrogen-bond acceptors (Lipinski definition) is 7. The molecule has 2 aromatic rings. The number of amides is 2. The van der Waals surface area contributed by atoms with Crippen molar-refractivity contribution >= 4 is 23.6 Å². The maximum atomic E-state index is 12.0. The van der Waals surface area contributed by atoms with Gasteiger partial charge in [0.05, 0.1) is 4.92 Å². The van der Waals surface area contributed by atoms with E-state index in [1.54, 1.807) is 15.9 Å². The van der Waals surface area contributed by atoms with Crippen molar-refractivity contribution in [2.45, 2.75) is 78.7 Å². The zero-order valence-electron chi connectivity index (χ0n) is 23.1. The van der Waals surface area contributed by atoms with E-state index in [0.29, 0.717) is 32.6 Å². The fourth-order valence-corrected chi connectivity index (χ4v) is 4.36. The van der Waals surface area contributed by atoms with Crippen LogP contribution in [0, 0.1) is 10.1 Å². The van der Waals surface area contributed by atoms with Crippen LogP contribution in [0.2, 0.25) is 0 Å². The molecular weight excluding hydrogens is 488 g/mol. The molecule has 10 heteroatoms.